The molecule has 5 nitrogen and oxygen atoms in total. The molecule has 48 valence electrons. The van der Waals surface area contributed by atoms with Gasteiger partial charge in [0.1, 0.15) is 0 Å². The van der Waals surface area contributed by atoms with Gasteiger partial charge in [0.05, 0.1) is 0 Å². The predicted octanol–water partition coefficient (Wildman–Crippen LogP) is -0.803. The molecule has 5 heteroatoms. The first-order chi connectivity index (χ1) is 4.25. The van der Waals surface area contributed by atoms with Crippen LogP contribution in [0.25, 0.3) is 6.20 Å². The molecule has 0 atom stereocenters. The first kappa shape index (κ1) is 5.74. The third-order valence-corrected chi connectivity index (χ3v) is 0.967. The maximum absolute atomic E-state index is 7.20. The van der Waals surface area contributed by atoms with Crippen LogP contribution >= 0.6 is 0 Å². The Kier molecular flexibility index (Phi) is 1.18. The van der Waals surface area contributed by atoms with Gasteiger partial charge in [0.15, 0.2) is 0 Å². The second-order valence-corrected chi connectivity index (χ2v) is 1.55. The van der Waals surface area contributed by atoms with Crippen molar-refractivity contribution >= 4 is 6.20 Å². The third-order valence-electron chi connectivity index (χ3n) is 0.967. The summed E-state index contributed by atoms with van der Waals surface area (Å²) in [5, 5.41) is 14.3. The van der Waals surface area contributed by atoms with Gasteiger partial charge in [-0.15, -0.1) is 0 Å². The maximum Gasteiger partial charge on any atom is 0.242 e. The summed E-state index contributed by atoms with van der Waals surface area (Å²) in [4.78, 5) is 0. The predicted molar refractivity (Wildman–Crippen MR) is 31.2 cm³/mol. The average Bonchev–Trinajstić information content (AvgIpc) is 2.15. The minimum Gasteiger partial charge on any atom is -0.266 e. The van der Waals surface area contributed by atoms with Crippen molar-refractivity contribution in [2.75, 3.05) is 0 Å². The SMILES string of the molecule is C=Cn1nnn(C)c1=N. The number of aromatic nitrogens is 4. The highest BCUT2D eigenvalue weighted by Gasteiger charge is 1.91. The zero-order valence-electron chi connectivity index (χ0n) is 5.07. The molecule has 0 aliphatic heterocycles. The van der Waals surface area contributed by atoms with Crippen LogP contribution in [-0.2, 0) is 7.05 Å². The standard InChI is InChI=1S/C4H7N5/c1-3-9-4(5)8(2)6-7-9/h3,5H,1H2,2H3. The van der Waals surface area contributed by atoms with Gasteiger partial charge in [0.2, 0.25) is 5.62 Å². The van der Waals surface area contributed by atoms with Gasteiger partial charge in [-0.2, -0.15) is 4.68 Å². The zero-order valence-corrected chi connectivity index (χ0v) is 5.07. The lowest BCUT2D eigenvalue weighted by Gasteiger charge is -1.82. The van der Waals surface area contributed by atoms with Crippen LogP contribution in [0.4, 0.5) is 0 Å². The number of nitrogens with zero attached hydrogens (tertiary/aromatic N) is 4. The van der Waals surface area contributed by atoms with E-state index in [1.807, 2.05) is 0 Å². The molecule has 0 radical (unpaired) electrons. The van der Waals surface area contributed by atoms with Gasteiger partial charge in [0, 0.05) is 13.2 Å². The van der Waals surface area contributed by atoms with E-state index in [1.54, 1.807) is 7.05 Å². The van der Waals surface area contributed by atoms with Crippen LogP contribution in [0.5, 0.6) is 0 Å². The van der Waals surface area contributed by atoms with Gasteiger partial charge < -0.3 is 0 Å². The van der Waals surface area contributed by atoms with Gasteiger partial charge in [-0.3, -0.25) is 5.41 Å². The van der Waals surface area contributed by atoms with Crippen molar-refractivity contribution in [1.82, 2.24) is 19.8 Å². The van der Waals surface area contributed by atoms with E-state index in [2.05, 4.69) is 17.0 Å². The molecule has 0 spiro atoms. The van der Waals surface area contributed by atoms with E-state index >= 15 is 0 Å². The van der Waals surface area contributed by atoms with Crippen LogP contribution in [0, 0.1) is 5.41 Å². The number of rotatable bonds is 1. The Morgan fingerprint density at radius 2 is 2.33 bits per heavy atom. The van der Waals surface area contributed by atoms with Crippen molar-refractivity contribution < 1.29 is 0 Å². The number of aryl methyl sites for hydroxylation is 1. The molecule has 0 amide bonds. The van der Waals surface area contributed by atoms with E-state index in [0.29, 0.717) is 0 Å². The highest BCUT2D eigenvalue weighted by Crippen LogP contribution is 1.66. The second-order valence-electron chi connectivity index (χ2n) is 1.55. The van der Waals surface area contributed by atoms with Crippen LogP contribution in [0.15, 0.2) is 6.58 Å². The zero-order chi connectivity index (χ0) is 6.85. The van der Waals surface area contributed by atoms with E-state index < -0.39 is 0 Å². The molecule has 0 fully saturated rings. The lowest BCUT2D eigenvalue weighted by Crippen LogP contribution is -2.19. The molecule has 1 aromatic heterocycles. The summed E-state index contributed by atoms with van der Waals surface area (Å²) in [5.74, 6) is 0. The van der Waals surface area contributed by atoms with E-state index in [9.17, 15) is 0 Å². The summed E-state index contributed by atoms with van der Waals surface area (Å²) < 4.78 is 2.63. The fourth-order valence-electron chi connectivity index (χ4n) is 0.459. The molecule has 0 bridgehead atoms. The molecular formula is C4H7N5. The minimum atomic E-state index is 0.213. The largest absolute Gasteiger partial charge is 0.266 e. The normalized spacial score (nSPS) is 9.44. The van der Waals surface area contributed by atoms with Gasteiger partial charge >= 0.3 is 0 Å². The molecule has 9 heavy (non-hydrogen) atoms. The van der Waals surface area contributed by atoms with Gasteiger partial charge in [-0.05, 0) is 10.4 Å². The van der Waals surface area contributed by atoms with E-state index in [1.165, 1.54) is 15.6 Å². The molecule has 0 saturated carbocycles. The lowest BCUT2D eigenvalue weighted by atomic mass is 10.9. The highest BCUT2D eigenvalue weighted by atomic mass is 15.6. The monoisotopic (exact) mass is 125 g/mol. The smallest absolute Gasteiger partial charge is 0.242 e. The topological polar surface area (TPSA) is 59.5 Å². The molecule has 0 unspecified atom stereocenters. The van der Waals surface area contributed by atoms with Crippen LogP contribution in [0.2, 0.25) is 0 Å². The van der Waals surface area contributed by atoms with Crippen LogP contribution < -0.4 is 5.62 Å². The number of hydrogen-bond acceptors (Lipinski definition) is 3. The quantitative estimate of drug-likeness (QED) is 0.534. The van der Waals surface area contributed by atoms with Crippen LogP contribution in [0.3, 0.4) is 0 Å². The van der Waals surface area contributed by atoms with Crippen molar-refractivity contribution in [2.45, 2.75) is 0 Å². The Hall–Kier alpha value is -1.39. The molecule has 0 aromatic carbocycles. The first-order valence-electron chi connectivity index (χ1n) is 2.41. The van der Waals surface area contributed by atoms with Crippen LogP contribution in [0.1, 0.15) is 0 Å². The first-order valence-corrected chi connectivity index (χ1v) is 2.41. The summed E-state index contributed by atoms with van der Waals surface area (Å²) in [7, 11) is 1.65. The van der Waals surface area contributed by atoms with E-state index in [0.717, 1.165) is 0 Å². The summed E-state index contributed by atoms with van der Waals surface area (Å²) in [6, 6.07) is 0. The molecular weight excluding hydrogens is 118 g/mol. The molecule has 0 saturated heterocycles. The van der Waals surface area contributed by atoms with Gasteiger partial charge in [0.25, 0.3) is 0 Å². The highest BCUT2D eigenvalue weighted by molar-refractivity contribution is 5.09. The fourth-order valence-corrected chi connectivity index (χ4v) is 0.459. The molecule has 0 aliphatic rings. The van der Waals surface area contributed by atoms with E-state index in [-0.39, 0.29) is 5.62 Å². The molecule has 1 rings (SSSR count). The second kappa shape index (κ2) is 1.85. The Labute approximate surface area is 51.7 Å². The Balaban J connectivity index is 3.36. The van der Waals surface area contributed by atoms with Crippen molar-refractivity contribution in [1.29, 1.82) is 5.41 Å². The van der Waals surface area contributed by atoms with Crippen molar-refractivity contribution in [3.05, 3.63) is 12.2 Å². The van der Waals surface area contributed by atoms with Crippen molar-refractivity contribution in [3.63, 3.8) is 0 Å². The summed E-state index contributed by atoms with van der Waals surface area (Å²) >= 11 is 0. The summed E-state index contributed by atoms with van der Waals surface area (Å²) in [6.45, 7) is 3.43. The Morgan fingerprint density at radius 3 is 2.56 bits per heavy atom. The lowest BCUT2D eigenvalue weighted by molar-refractivity contribution is 0.679. The average molecular weight is 125 g/mol. The number of hydrogen-bond donors (Lipinski definition) is 1. The van der Waals surface area contributed by atoms with E-state index in [4.69, 9.17) is 5.41 Å². The fraction of sp³-hybridized carbons (Fsp3) is 0.250. The Morgan fingerprint density at radius 1 is 1.67 bits per heavy atom. The van der Waals surface area contributed by atoms with Crippen LogP contribution in [-0.4, -0.2) is 19.8 Å². The van der Waals surface area contributed by atoms with Crippen molar-refractivity contribution in [3.8, 4) is 0 Å². The third kappa shape index (κ3) is 0.758. The van der Waals surface area contributed by atoms with Gasteiger partial charge in [-0.1, -0.05) is 6.58 Å². The molecule has 0 aliphatic carbocycles. The maximum atomic E-state index is 7.20. The molecule has 1 aromatic rings. The number of tetrazole rings is 1. The van der Waals surface area contributed by atoms with Crippen molar-refractivity contribution in [2.24, 2.45) is 7.05 Å². The summed E-state index contributed by atoms with van der Waals surface area (Å²) in [6.07, 6.45) is 1.43. The minimum absolute atomic E-state index is 0.213. The summed E-state index contributed by atoms with van der Waals surface area (Å²) in [5.41, 5.74) is 0.213. The Bertz CT molecular complexity index is 267. The molecule has 1 N–H and O–H groups in total. The van der Waals surface area contributed by atoms with Gasteiger partial charge in [-0.25, -0.2) is 4.68 Å². The number of nitrogens with one attached hydrogen (secondary N) is 1. The molecule has 1 heterocycles.